The second-order valence-corrected chi connectivity index (χ2v) is 8.46. The molecule has 1 aromatic heterocycles. The number of aliphatic hydroxyl groups is 2. The van der Waals surface area contributed by atoms with Gasteiger partial charge in [0.2, 0.25) is 5.95 Å². The summed E-state index contributed by atoms with van der Waals surface area (Å²) in [5, 5.41) is 26.3. The number of nitrogens with one attached hydrogen (secondary N) is 2. The molecule has 7 heteroatoms. The topological polar surface area (TPSA) is 107 Å². The minimum Gasteiger partial charge on any atom is -0.396 e. The summed E-state index contributed by atoms with van der Waals surface area (Å²) in [4.78, 5) is 22.0. The highest BCUT2D eigenvalue weighted by atomic mass is 16.3. The van der Waals surface area contributed by atoms with Crippen LogP contribution in [-0.4, -0.2) is 50.9 Å². The molecule has 0 spiro atoms. The summed E-state index contributed by atoms with van der Waals surface area (Å²) >= 11 is 0. The van der Waals surface area contributed by atoms with Gasteiger partial charge in [-0.05, 0) is 63.4 Å². The number of carbonyl (C=O) groups is 1. The predicted molar refractivity (Wildman–Crippen MR) is 112 cm³/mol. The highest BCUT2D eigenvalue weighted by Crippen LogP contribution is 2.25. The van der Waals surface area contributed by atoms with Gasteiger partial charge in [-0.3, -0.25) is 4.79 Å². The maximum atomic E-state index is 12.9. The molecule has 2 aliphatic carbocycles. The molecule has 0 aliphatic heterocycles. The predicted octanol–water partition coefficient (Wildman–Crippen LogP) is 2.63. The summed E-state index contributed by atoms with van der Waals surface area (Å²) < 4.78 is 0. The van der Waals surface area contributed by atoms with E-state index in [0.717, 1.165) is 56.8 Å². The summed E-state index contributed by atoms with van der Waals surface area (Å²) in [5.41, 5.74) is 1.22. The lowest BCUT2D eigenvalue weighted by atomic mass is 9.86. The Morgan fingerprint density at radius 2 is 1.76 bits per heavy atom. The van der Waals surface area contributed by atoms with Gasteiger partial charge < -0.3 is 20.8 Å². The SMILES string of the molecule is O=C(NC1CCC(CO)CC1)c1cccc2cnc(NC3CCC(O)CC3)nc12. The van der Waals surface area contributed by atoms with Gasteiger partial charge in [0.25, 0.3) is 5.91 Å². The molecule has 156 valence electrons. The van der Waals surface area contributed by atoms with E-state index >= 15 is 0 Å². The number of carbonyl (C=O) groups excluding carboxylic acids is 1. The third kappa shape index (κ3) is 4.85. The summed E-state index contributed by atoms with van der Waals surface area (Å²) in [6, 6.07) is 5.98. The van der Waals surface area contributed by atoms with Crippen LogP contribution in [0.5, 0.6) is 0 Å². The van der Waals surface area contributed by atoms with Crippen molar-refractivity contribution in [1.29, 1.82) is 0 Å². The normalized spacial score (nSPS) is 27.5. The third-order valence-corrected chi connectivity index (χ3v) is 6.33. The van der Waals surface area contributed by atoms with E-state index < -0.39 is 0 Å². The van der Waals surface area contributed by atoms with E-state index in [1.54, 1.807) is 6.20 Å². The number of aromatic nitrogens is 2. The minimum atomic E-state index is -0.201. The van der Waals surface area contributed by atoms with Crippen LogP contribution in [0.1, 0.15) is 61.7 Å². The number of anilines is 1. The van der Waals surface area contributed by atoms with Crippen LogP contribution in [0.4, 0.5) is 5.95 Å². The van der Waals surface area contributed by atoms with E-state index in [1.807, 2.05) is 18.2 Å². The van der Waals surface area contributed by atoms with Gasteiger partial charge in [-0.15, -0.1) is 0 Å². The first-order valence-corrected chi connectivity index (χ1v) is 10.7. The van der Waals surface area contributed by atoms with Crippen molar-refractivity contribution in [3.05, 3.63) is 30.0 Å². The van der Waals surface area contributed by atoms with Gasteiger partial charge in [-0.2, -0.15) is 0 Å². The molecule has 1 aromatic carbocycles. The first kappa shape index (κ1) is 20.0. The minimum absolute atomic E-state index is 0.103. The Labute approximate surface area is 170 Å². The number of rotatable bonds is 5. The van der Waals surface area contributed by atoms with Crippen molar-refractivity contribution < 1.29 is 15.0 Å². The fourth-order valence-electron chi connectivity index (χ4n) is 4.46. The van der Waals surface area contributed by atoms with Crippen LogP contribution < -0.4 is 10.6 Å². The van der Waals surface area contributed by atoms with Gasteiger partial charge in [0, 0.05) is 30.3 Å². The van der Waals surface area contributed by atoms with E-state index in [-0.39, 0.29) is 30.7 Å². The molecule has 0 bridgehead atoms. The van der Waals surface area contributed by atoms with Crippen LogP contribution in [0.2, 0.25) is 0 Å². The largest absolute Gasteiger partial charge is 0.396 e. The Kier molecular flexibility index (Phi) is 6.25. The van der Waals surface area contributed by atoms with Crippen LogP contribution in [0.25, 0.3) is 10.9 Å². The lowest BCUT2D eigenvalue weighted by Gasteiger charge is -2.28. The molecule has 4 rings (SSSR count). The molecule has 0 radical (unpaired) electrons. The Morgan fingerprint density at radius 3 is 2.48 bits per heavy atom. The molecular formula is C22H30N4O3. The Hall–Kier alpha value is -2.25. The number of hydrogen-bond donors (Lipinski definition) is 4. The van der Waals surface area contributed by atoms with Crippen molar-refractivity contribution in [3.8, 4) is 0 Å². The van der Waals surface area contributed by atoms with Crippen LogP contribution in [0.3, 0.4) is 0 Å². The molecule has 2 aromatic rings. The molecule has 0 unspecified atom stereocenters. The summed E-state index contributed by atoms with van der Waals surface area (Å²) in [6.45, 7) is 0.233. The van der Waals surface area contributed by atoms with E-state index in [1.165, 1.54) is 0 Å². The monoisotopic (exact) mass is 398 g/mol. The lowest BCUT2D eigenvalue weighted by molar-refractivity contribution is 0.0915. The van der Waals surface area contributed by atoms with Crippen LogP contribution in [-0.2, 0) is 0 Å². The molecule has 7 nitrogen and oxygen atoms in total. The Bertz CT molecular complexity index is 843. The van der Waals surface area contributed by atoms with Crippen molar-refractivity contribution >= 4 is 22.8 Å². The zero-order valence-electron chi connectivity index (χ0n) is 16.7. The molecule has 2 fully saturated rings. The van der Waals surface area contributed by atoms with Gasteiger partial charge in [0.15, 0.2) is 0 Å². The van der Waals surface area contributed by atoms with E-state index in [4.69, 9.17) is 0 Å². The van der Waals surface area contributed by atoms with E-state index in [2.05, 4.69) is 20.6 Å². The smallest absolute Gasteiger partial charge is 0.253 e. The zero-order valence-corrected chi connectivity index (χ0v) is 16.7. The average Bonchev–Trinajstić information content (AvgIpc) is 2.75. The number of amides is 1. The molecule has 2 aliphatic rings. The maximum absolute atomic E-state index is 12.9. The molecule has 1 heterocycles. The fourth-order valence-corrected chi connectivity index (χ4v) is 4.46. The van der Waals surface area contributed by atoms with Crippen LogP contribution in [0.15, 0.2) is 24.4 Å². The Morgan fingerprint density at radius 1 is 1.03 bits per heavy atom. The third-order valence-electron chi connectivity index (χ3n) is 6.33. The number of benzene rings is 1. The van der Waals surface area contributed by atoms with Crippen molar-refractivity contribution in [1.82, 2.24) is 15.3 Å². The molecular weight excluding hydrogens is 368 g/mol. The number of nitrogens with zero attached hydrogens (tertiary/aromatic N) is 2. The fraction of sp³-hybridized carbons (Fsp3) is 0.591. The second kappa shape index (κ2) is 9.05. The zero-order chi connectivity index (χ0) is 20.2. The molecule has 29 heavy (non-hydrogen) atoms. The summed E-state index contributed by atoms with van der Waals surface area (Å²) in [6.07, 6.45) is 8.61. The van der Waals surface area contributed by atoms with Gasteiger partial charge >= 0.3 is 0 Å². The Balaban J connectivity index is 1.47. The average molecular weight is 399 g/mol. The summed E-state index contributed by atoms with van der Waals surface area (Å²) in [5.74, 6) is 0.791. The molecule has 0 saturated heterocycles. The number of para-hydroxylation sites is 1. The van der Waals surface area contributed by atoms with Crippen molar-refractivity contribution in [2.24, 2.45) is 5.92 Å². The first-order valence-electron chi connectivity index (χ1n) is 10.7. The number of aliphatic hydroxyl groups excluding tert-OH is 2. The van der Waals surface area contributed by atoms with Crippen molar-refractivity contribution in [2.45, 2.75) is 69.6 Å². The van der Waals surface area contributed by atoms with Gasteiger partial charge in [0.1, 0.15) is 0 Å². The molecule has 2 saturated carbocycles. The van der Waals surface area contributed by atoms with Gasteiger partial charge in [-0.1, -0.05) is 12.1 Å². The van der Waals surface area contributed by atoms with E-state index in [0.29, 0.717) is 22.9 Å². The first-order chi connectivity index (χ1) is 14.1. The van der Waals surface area contributed by atoms with Crippen molar-refractivity contribution in [3.63, 3.8) is 0 Å². The molecule has 0 atom stereocenters. The highest BCUT2D eigenvalue weighted by Gasteiger charge is 2.24. The quantitative estimate of drug-likeness (QED) is 0.617. The van der Waals surface area contributed by atoms with Gasteiger partial charge in [0.05, 0.1) is 17.2 Å². The molecule has 1 amide bonds. The van der Waals surface area contributed by atoms with Crippen LogP contribution >= 0.6 is 0 Å². The van der Waals surface area contributed by atoms with Crippen molar-refractivity contribution in [2.75, 3.05) is 11.9 Å². The number of hydrogen-bond acceptors (Lipinski definition) is 6. The number of fused-ring (bicyclic) bond motifs is 1. The van der Waals surface area contributed by atoms with Crippen LogP contribution in [0, 0.1) is 5.92 Å². The van der Waals surface area contributed by atoms with E-state index in [9.17, 15) is 15.0 Å². The molecule has 4 N–H and O–H groups in total. The highest BCUT2D eigenvalue weighted by molar-refractivity contribution is 6.05. The summed E-state index contributed by atoms with van der Waals surface area (Å²) in [7, 11) is 0. The lowest BCUT2D eigenvalue weighted by Crippen LogP contribution is -2.38. The second-order valence-electron chi connectivity index (χ2n) is 8.46. The standard InChI is InChI=1S/C22H30N4O3/c27-13-14-4-6-16(7-5-14)24-21(29)19-3-1-2-15-12-23-22(26-20(15)19)25-17-8-10-18(28)11-9-17/h1-3,12,14,16-18,27-28H,4-11,13H2,(H,24,29)(H,23,25,26). The van der Waals surface area contributed by atoms with Gasteiger partial charge in [-0.25, -0.2) is 9.97 Å². The maximum Gasteiger partial charge on any atom is 0.253 e.